The number of aryl methyl sites for hydroxylation is 1. The molecular weight excluding hydrogens is 198 g/mol. The van der Waals surface area contributed by atoms with Crippen molar-refractivity contribution in [2.75, 3.05) is 0 Å². The van der Waals surface area contributed by atoms with E-state index < -0.39 is 0 Å². The van der Waals surface area contributed by atoms with Gasteiger partial charge in [0.2, 0.25) is 5.88 Å². The molecule has 84 valence electrons. The topological polar surface area (TPSA) is 22.1 Å². The summed E-state index contributed by atoms with van der Waals surface area (Å²) in [4.78, 5) is 4.22. The second kappa shape index (κ2) is 4.97. The van der Waals surface area contributed by atoms with Gasteiger partial charge in [-0.2, -0.15) is 0 Å². The second-order valence-electron chi connectivity index (χ2n) is 4.28. The first-order valence-corrected chi connectivity index (χ1v) is 5.68. The van der Waals surface area contributed by atoms with Crippen LogP contribution in [0.2, 0.25) is 0 Å². The van der Waals surface area contributed by atoms with E-state index in [1.807, 2.05) is 25.1 Å². The molecular formula is C14H17NO. The van der Waals surface area contributed by atoms with Gasteiger partial charge < -0.3 is 4.74 Å². The van der Waals surface area contributed by atoms with Crippen LogP contribution in [0, 0.1) is 12.8 Å². The smallest absolute Gasteiger partial charge is 0.214 e. The lowest BCUT2D eigenvalue weighted by molar-refractivity contribution is 0.182. The third-order valence-electron chi connectivity index (χ3n) is 2.76. The van der Waals surface area contributed by atoms with Crippen molar-refractivity contribution in [3.63, 3.8) is 0 Å². The summed E-state index contributed by atoms with van der Waals surface area (Å²) in [5.41, 5.74) is 1.17. The first-order chi connectivity index (χ1) is 7.75. The zero-order valence-electron chi connectivity index (χ0n) is 9.76. The van der Waals surface area contributed by atoms with E-state index in [2.05, 4.69) is 30.1 Å². The van der Waals surface area contributed by atoms with Gasteiger partial charge in [-0.15, -0.1) is 0 Å². The van der Waals surface area contributed by atoms with Crippen LogP contribution in [0.15, 0.2) is 42.6 Å². The highest BCUT2D eigenvalue weighted by molar-refractivity contribution is 5.20. The van der Waals surface area contributed by atoms with Gasteiger partial charge in [-0.1, -0.05) is 25.2 Å². The van der Waals surface area contributed by atoms with Crippen molar-refractivity contribution in [3.8, 4) is 5.88 Å². The standard InChI is InChI=1S/C14H17NO/c1-11-8-9-15-14(10-11)16-13-7-5-3-4-6-12(13)2/h3-5,7-10,12-13H,6H2,1-2H3/t12-,13?/m1/s1. The molecule has 1 aromatic heterocycles. The average molecular weight is 215 g/mol. The van der Waals surface area contributed by atoms with Crippen molar-refractivity contribution in [3.05, 3.63) is 48.2 Å². The summed E-state index contributed by atoms with van der Waals surface area (Å²) < 4.78 is 5.89. The van der Waals surface area contributed by atoms with Gasteiger partial charge in [0.15, 0.2) is 0 Å². The van der Waals surface area contributed by atoms with Crippen LogP contribution in [-0.4, -0.2) is 11.1 Å². The molecule has 16 heavy (non-hydrogen) atoms. The lowest BCUT2D eigenvalue weighted by Gasteiger charge is -2.20. The van der Waals surface area contributed by atoms with E-state index in [4.69, 9.17) is 4.74 Å². The minimum atomic E-state index is 0.115. The maximum Gasteiger partial charge on any atom is 0.214 e. The fourth-order valence-electron chi connectivity index (χ4n) is 1.74. The van der Waals surface area contributed by atoms with Crippen LogP contribution in [0.3, 0.4) is 0 Å². The molecule has 0 amide bonds. The highest BCUT2D eigenvalue weighted by Gasteiger charge is 2.16. The van der Waals surface area contributed by atoms with Crippen LogP contribution in [0.5, 0.6) is 5.88 Å². The first kappa shape index (κ1) is 10.9. The summed E-state index contributed by atoms with van der Waals surface area (Å²) in [5, 5.41) is 0. The summed E-state index contributed by atoms with van der Waals surface area (Å²) in [7, 11) is 0. The van der Waals surface area contributed by atoms with Crippen molar-refractivity contribution < 1.29 is 4.74 Å². The first-order valence-electron chi connectivity index (χ1n) is 5.68. The fraction of sp³-hybridized carbons (Fsp3) is 0.357. The molecule has 0 saturated heterocycles. The third-order valence-corrected chi connectivity index (χ3v) is 2.76. The minimum Gasteiger partial charge on any atom is -0.470 e. The molecule has 2 heteroatoms. The Labute approximate surface area is 96.7 Å². The minimum absolute atomic E-state index is 0.115. The van der Waals surface area contributed by atoms with E-state index >= 15 is 0 Å². The van der Waals surface area contributed by atoms with Gasteiger partial charge in [0.1, 0.15) is 6.10 Å². The Hall–Kier alpha value is -1.57. The highest BCUT2D eigenvalue weighted by atomic mass is 16.5. The summed E-state index contributed by atoms with van der Waals surface area (Å²) >= 11 is 0. The monoisotopic (exact) mass is 215 g/mol. The van der Waals surface area contributed by atoms with Crippen LogP contribution < -0.4 is 4.74 Å². The van der Waals surface area contributed by atoms with Gasteiger partial charge in [-0.05, 0) is 31.1 Å². The molecule has 0 radical (unpaired) electrons. The number of nitrogens with zero attached hydrogens (tertiary/aromatic N) is 1. The molecule has 0 bridgehead atoms. The molecule has 0 aliphatic heterocycles. The van der Waals surface area contributed by atoms with Crippen molar-refractivity contribution in [2.45, 2.75) is 26.4 Å². The van der Waals surface area contributed by atoms with Gasteiger partial charge >= 0.3 is 0 Å². The van der Waals surface area contributed by atoms with Crippen LogP contribution in [0.25, 0.3) is 0 Å². The summed E-state index contributed by atoms with van der Waals surface area (Å²) in [6.45, 7) is 4.24. The number of aromatic nitrogens is 1. The van der Waals surface area contributed by atoms with Crippen molar-refractivity contribution in [2.24, 2.45) is 5.92 Å². The number of allylic oxidation sites excluding steroid dienone is 3. The van der Waals surface area contributed by atoms with E-state index in [0.29, 0.717) is 11.8 Å². The molecule has 0 aromatic carbocycles. The van der Waals surface area contributed by atoms with Crippen molar-refractivity contribution in [1.29, 1.82) is 0 Å². The predicted octanol–water partition coefficient (Wildman–Crippen LogP) is 3.29. The van der Waals surface area contributed by atoms with E-state index in [0.717, 1.165) is 6.42 Å². The average Bonchev–Trinajstić information content (AvgIpc) is 2.45. The van der Waals surface area contributed by atoms with Crippen LogP contribution in [0.1, 0.15) is 18.9 Å². The number of hydrogen-bond donors (Lipinski definition) is 0. The lowest BCUT2D eigenvalue weighted by Crippen LogP contribution is -2.22. The molecule has 1 aliphatic carbocycles. The molecule has 2 atom stereocenters. The van der Waals surface area contributed by atoms with Gasteiger partial charge in [0.05, 0.1) is 0 Å². The Bertz CT molecular complexity index is 409. The Balaban J connectivity index is 2.09. The second-order valence-corrected chi connectivity index (χ2v) is 4.28. The number of pyridine rings is 1. The van der Waals surface area contributed by atoms with Gasteiger partial charge in [0, 0.05) is 18.2 Å². The zero-order chi connectivity index (χ0) is 11.4. The summed E-state index contributed by atoms with van der Waals surface area (Å²) in [6, 6.07) is 3.94. The van der Waals surface area contributed by atoms with E-state index in [1.54, 1.807) is 6.20 Å². The maximum absolute atomic E-state index is 5.89. The van der Waals surface area contributed by atoms with Crippen LogP contribution in [0.4, 0.5) is 0 Å². The van der Waals surface area contributed by atoms with E-state index in [-0.39, 0.29) is 6.10 Å². The Morgan fingerprint density at radius 1 is 1.38 bits per heavy atom. The summed E-state index contributed by atoms with van der Waals surface area (Å²) in [6.07, 6.45) is 11.3. The normalized spacial score (nSPS) is 24.1. The maximum atomic E-state index is 5.89. The van der Waals surface area contributed by atoms with E-state index in [9.17, 15) is 0 Å². The molecule has 0 spiro atoms. The number of hydrogen-bond acceptors (Lipinski definition) is 2. The Kier molecular flexibility index (Phi) is 3.40. The molecule has 0 fully saturated rings. The van der Waals surface area contributed by atoms with Gasteiger partial charge in [-0.25, -0.2) is 4.98 Å². The number of rotatable bonds is 2. The van der Waals surface area contributed by atoms with Crippen molar-refractivity contribution >= 4 is 0 Å². The Morgan fingerprint density at radius 2 is 2.25 bits per heavy atom. The zero-order valence-corrected chi connectivity index (χ0v) is 9.76. The largest absolute Gasteiger partial charge is 0.470 e. The SMILES string of the molecule is Cc1ccnc(OC2C=CC=CC[C@H]2C)c1. The third kappa shape index (κ3) is 2.72. The van der Waals surface area contributed by atoms with E-state index in [1.165, 1.54) is 5.56 Å². The van der Waals surface area contributed by atoms with Crippen molar-refractivity contribution in [1.82, 2.24) is 4.98 Å². The number of ether oxygens (including phenoxy) is 1. The Morgan fingerprint density at radius 3 is 3.06 bits per heavy atom. The highest BCUT2D eigenvalue weighted by Crippen LogP contribution is 2.20. The van der Waals surface area contributed by atoms with Gasteiger partial charge in [0.25, 0.3) is 0 Å². The van der Waals surface area contributed by atoms with Gasteiger partial charge in [-0.3, -0.25) is 0 Å². The molecule has 1 aromatic rings. The molecule has 0 saturated carbocycles. The molecule has 0 N–H and O–H groups in total. The lowest BCUT2D eigenvalue weighted by atomic mass is 10.0. The molecule has 1 unspecified atom stereocenters. The van der Waals surface area contributed by atoms with Crippen LogP contribution in [-0.2, 0) is 0 Å². The summed E-state index contributed by atoms with van der Waals surface area (Å²) in [5.74, 6) is 1.20. The van der Waals surface area contributed by atoms with Crippen LogP contribution >= 0.6 is 0 Å². The molecule has 1 heterocycles. The molecule has 2 rings (SSSR count). The predicted molar refractivity (Wildman–Crippen MR) is 65.5 cm³/mol. The molecule has 1 aliphatic rings. The fourth-order valence-corrected chi connectivity index (χ4v) is 1.74. The quantitative estimate of drug-likeness (QED) is 0.755. The molecule has 2 nitrogen and oxygen atoms in total.